The summed E-state index contributed by atoms with van der Waals surface area (Å²) in [7, 11) is 0. The molecule has 0 rings (SSSR count). The number of esters is 1. The summed E-state index contributed by atoms with van der Waals surface area (Å²) >= 11 is 0. The highest BCUT2D eigenvalue weighted by Crippen LogP contribution is 2.19. The Kier molecular flexibility index (Phi) is 61.9. The average Bonchev–Trinajstić information content (AvgIpc) is 3.39. The lowest BCUT2D eigenvalue weighted by Gasteiger charge is -2.22. The molecule has 0 spiro atoms. The van der Waals surface area contributed by atoms with Crippen molar-refractivity contribution >= 4 is 11.9 Å². The molecule has 0 saturated carbocycles. The Hall–Kier alpha value is -1.40. The number of amides is 1. The van der Waals surface area contributed by atoms with Gasteiger partial charge >= 0.3 is 5.97 Å². The first-order valence-electron chi connectivity index (χ1n) is 33.4. The van der Waals surface area contributed by atoms with E-state index in [1.165, 1.54) is 308 Å². The predicted molar refractivity (Wildman–Crippen MR) is 320 cm³/mol. The molecule has 0 saturated heterocycles. The zero-order chi connectivity index (χ0) is 52.9. The number of nitrogens with one attached hydrogen (secondary N) is 1. The molecule has 2 atom stereocenters. The van der Waals surface area contributed by atoms with Crippen LogP contribution in [0.15, 0.2) is 12.2 Å². The summed E-state index contributed by atoms with van der Waals surface area (Å²) in [4.78, 5) is 24.5. The highest BCUT2D eigenvalue weighted by atomic mass is 16.5. The number of ether oxygens (including phenoxy) is 1. The number of aliphatic hydroxyl groups excluding tert-OH is 2. The minimum Gasteiger partial charge on any atom is -0.466 e. The maximum absolute atomic E-state index is 12.5. The van der Waals surface area contributed by atoms with Gasteiger partial charge in [0.1, 0.15) is 0 Å². The zero-order valence-corrected chi connectivity index (χ0v) is 49.6. The smallest absolute Gasteiger partial charge is 0.305 e. The molecular formula is C67H131NO5. The third-order valence-corrected chi connectivity index (χ3v) is 15.8. The Morgan fingerprint density at radius 3 is 0.973 bits per heavy atom. The number of allylic oxidation sites excluding steroid dienone is 2. The van der Waals surface area contributed by atoms with Crippen molar-refractivity contribution in [2.24, 2.45) is 0 Å². The van der Waals surface area contributed by atoms with Crippen molar-refractivity contribution in [2.45, 2.75) is 392 Å². The van der Waals surface area contributed by atoms with E-state index in [1.54, 1.807) is 0 Å². The molecule has 0 aliphatic heterocycles. The van der Waals surface area contributed by atoms with E-state index in [9.17, 15) is 19.8 Å². The maximum atomic E-state index is 12.5. The first-order valence-corrected chi connectivity index (χ1v) is 33.4. The highest BCUT2D eigenvalue weighted by molar-refractivity contribution is 5.76. The normalized spacial score (nSPS) is 12.5. The third-order valence-electron chi connectivity index (χ3n) is 15.8. The van der Waals surface area contributed by atoms with E-state index in [2.05, 4.69) is 31.3 Å². The van der Waals surface area contributed by atoms with Gasteiger partial charge in [0.2, 0.25) is 5.91 Å². The van der Waals surface area contributed by atoms with Gasteiger partial charge in [-0.1, -0.05) is 328 Å². The van der Waals surface area contributed by atoms with Crippen molar-refractivity contribution in [3.63, 3.8) is 0 Å². The molecule has 0 bridgehead atoms. The van der Waals surface area contributed by atoms with Crippen molar-refractivity contribution in [1.82, 2.24) is 5.32 Å². The van der Waals surface area contributed by atoms with E-state index in [4.69, 9.17) is 4.74 Å². The summed E-state index contributed by atoms with van der Waals surface area (Å²) in [5.74, 6) is -0.0117. The SMILES string of the molecule is CCCCCCCCCCCCCCCC(O)C(CO)NC(=O)CCCCCCCCCCCCCCCCC/C=C\CCCCCCCCCCCCCCOC(=O)CCCCCCCCCCCCCC. The summed E-state index contributed by atoms with van der Waals surface area (Å²) in [6, 6.07) is -0.538. The molecule has 3 N–H and O–H groups in total. The van der Waals surface area contributed by atoms with Crippen LogP contribution >= 0.6 is 0 Å². The minimum absolute atomic E-state index is 0.0190. The monoisotopic (exact) mass is 1030 g/mol. The second kappa shape index (κ2) is 63.1. The summed E-state index contributed by atoms with van der Waals surface area (Å²) in [6.07, 6.45) is 76.8. The molecule has 0 aliphatic rings. The number of hydrogen-bond acceptors (Lipinski definition) is 5. The number of unbranched alkanes of at least 4 members (excludes halogenated alkanes) is 50. The number of carbonyl (C=O) groups is 2. The van der Waals surface area contributed by atoms with Crippen LogP contribution in [0.25, 0.3) is 0 Å². The number of carbonyl (C=O) groups excluding carboxylic acids is 2. The zero-order valence-electron chi connectivity index (χ0n) is 49.6. The van der Waals surface area contributed by atoms with E-state index in [1.807, 2.05) is 0 Å². The van der Waals surface area contributed by atoms with Crippen LogP contribution in [0, 0.1) is 0 Å². The van der Waals surface area contributed by atoms with Crippen LogP contribution in [0.3, 0.4) is 0 Å². The molecule has 0 aromatic rings. The highest BCUT2D eigenvalue weighted by Gasteiger charge is 2.20. The fraction of sp³-hybridized carbons (Fsp3) is 0.940. The van der Waals surface area contributed by atoms with Crippen molar-refractivity contribution in [3.8, 4) is 0 Å². The van der Waals surface area contributed by atoms with Crippen molar-refractivity contribution < 1.29 is 24.5 Å². The topological polar surface area (TPSA) is 95.9 Å². The van der Waals surface area contributed by atoms with Crippen LogP contribution in [0.1, 0.15) is 380 Å². The molecule has 0 aromatic carbocycles. The van der Waals surface area contributed by atoms with Gasteiger partial charge in [-0.2, -0.15) is 0 Å². The van der Waals surface area contributed by atoms with Crippen molar-refractivity contribution in [1.29, 1.82) is 0 Å². The number of rotatable bonds is 63. The third kappa shape index (κ3) is 59.7. The Labute approximate surface area is 457 Å². The van der Waals surface area contributed by atoms with E-state index < -0.39 is 12.1 Å². The molecule has 6 nitrogen and oxygen atoms in total. The van der Waals surface area contributed by atoms with Gasteiger partial charge in [-0.05, 0) is 51.4 Å². The largest absolute Gasteiger partial charge is 0.466 e. The molecule has 0 heterocycles. The van der Waals surface area contributed by atoms with Gasteiger partial charge in [0.25, 0.3) is 0 Å². The van der Waals surface area contributed by atoms with Gasteiger partial charge in [-0.25, -0.2) is 0 Å². The Morgan fingerprint density at radius 1 is 0.370 bits per heavy atom. The van der Waals surface area contributed by atoms with Crippen LogP contribution in [0.2, 0.25) is 0 Å². The van der Waals surface area contributed by atoms with E-state index in [0.29, 0.717) is 25.9 Å². The van der Waals surface area contributed by atoms with Crippen LogP contribution in [-0.4, -0.2) is 47.4 Å². The Balaban J connectivity index is 3.34. The van der Waals surface area contributed by atoms with Gasteiger partial charge in [0, 0.05) is 12.8 Å². The molecule has 434 valence electrons. The lowest BCUT2D eigenvalue weighted by Crippen LogP contribution is -2.45. The van der Waals surface area contributed by atoms with E-state index >= 15 is 0 Å². The number of hydrogen-bond donors (Lipinski definition) is 3. The van der Waals surface area contributed by atoms with Crippen LogP contribution in [0.5, 0.6) is 0 Å². The second-order valence-corrected chi connectivity index (χ2v) is 23.2. The van der Waals surface area contributed by atoms with Crippen LogP contribution in [-0.2, 0) is 14.3 Å². The standard InChI is InChI=1S/C67H131NO5/c1-3-5-7-9-11-13-15-36-39-43-47-51-55-59-65(70)64(63-69)68-66(71)60-56-52-48-44-40-37-34-32-30-28-26-24-22-20-18-17-19-21-23-25-27-29-31-33-35-38-42-46-50-54-58-62-73-67(72)61-57-53-49-45-41-16-14-12-10-8-6-4-2/h19,21,64-65,69-70H,3-18,20,22-63H2,1-2H3,(H,68,71)/b21-19-. The summed E-state index contributed by atoms with van der Waals surface area (Å²) in [6.45, 7) is 4.98. The Morgan fingerprint density at radius 2 is 0.644 bits per heavy atom. The van der Waals surface area contributed by atoms with Crippen LogP contribution < -0.4 is 5.32 Å². The van der Waals surface area contributed by atoms with Gasteiger partial charge in [-0.15, -0.1) is 0 Å². The van der Waals surface area contributed by atoms with E-state index in [0.717, 1.165) is 38.5 Å². The van der Waals surface area contributed by atoms with Crippen molar-refractivity contribution in [2.75, 3.05) is 13.2 Å². The fourth-order valence-corrected chi connectivity index (χ4v) is 10.7. The predicted octanol–water partition coefficient (Wildman–Crippen LogP) is 21.2. The molecule has 0 aromatic heterocycles. The average molecular weight is 1030 g/mol. The summed E-state index contributed by atoms with van der Waals surface area (Å²) in [5, 5.41) is 23.3. The molecule has 2 unspecified atom stereocenters. The fourth-order valence-electron chi connectivity index (χ4n) is 10.7. The number of aliphatic hydroxyl groups is 2. The molecule has 6 heteroatoms. The van der Waals surface area contributed by atoms with Crippen LogP contribution in [0.4, 0.5) is 0 Å². The molecule has 73 heavy (non-hydrogen) atoms. The summed E-state index contributed by atoms with van der Waals surface area (Å²) < 4.78 is 5.48. The van der Waals surface area contributed by atoms with Gasteiger partial charge in [0.15, 0.2) is 0 Å². The minimum atomic E-state index is -0.661. The molecule has 0 aliphatic carbocycles. The first-order chi connectivity index (χ1) is 36.0. The first kappa shape index (κ1) is 71.6. The maximum Gasteiger partial charge on any atom is 0.305 e. The lowest BCUT2D eigenvalue weighted by molar-refractivity contribution is -0.143. The van der Waals surface area contributed by atoms with Crippen molar-refractivity contribution in [3.05, 3.63) is 12.2 Å². The van der Waals surface area contributed by atoms with E-state index in [-0.39, 0.29) is 18.5 Å². The lowest BCUT2D eigenvalue weighted by atomic mass is 10.0. The molecular weight excluding hydrogens is 899 g/mol. The van der Waals surface area contributed by atoms with Gasteiger partial charge in [-0.3, -0.25) is 9.59 Å². The molecule has 0 radical (unpaired) electrons. The Bertz CT molecular complexity index is 1100. The summed E-state index contributed by atoms with van der Waals surface area (Å²) in [5.41, 5.74) is 0. The van der Waals surface area contributed by atoms with Gasteiger partial charge in [0.05, 0.1) is 25.4 Å². The second-order valence-electron chi connectivity index (χ2n) is 23.2. The van der Waals surface area contributed by atoms with Gasteiger partial charge < -0.3 is 20.3 Å². The molecule has 0 fully saturated rings. The quantitative estimate of drug-likeness (QED) is 0.0320. The molecule has 1 amide bonds.